The van der Waals surface area contributed by atoms with Crippen LogP contribution in [0.2, 0.25) is 0 Å². The molecule has 0 aliphatic heterocycles. The van der Waals surface area contributed by atoms with Gasteiger partial charge in [-0.25, -0.2) is 9.37 Å². The van der Waals surface area contributed by atoms with E-state index < -0.39 is 0 Å². The Morgan fingerprint density at radius 1 is 1.07 bits per heavy atom. The summed E-state index contributed by atoms with van der Waals surface area (Å²) in [5, 5.41) is 3.17. The predicted molar refractivity (Wildman–Crippen MR) is 106 cm³/mol. The number of benzene rings is 1. The number of halogens is 1. The second-order valence-corrected chi connectivity index (χ2v) is 7.10. The Hall–Kier alpha value is -2.73. The minimum Gasteiger partial charge on any atom is -0.388 e. The monoisotopic (exact) mass is 365 g/mol. The number of imidazole rings is 1. The van der Waals surface area contributed by atoms with Crippen LogP contribution in [-0.2, 0) is 0 Å². The van der Waals surface area contributed by atoms with Crippen molar-refractivity contribution in [2.45, 2.75) is 37.8 Å². The lowest BCUT2D eigenvalue weighted by Gasteiger charge is -2.28. The van der Waals surface area contributed by atoms with Crippen molar-refractivity contribution in [1.82, 2.24) is 14.5 Å². The van der Waals surface area contributed by atoms with Crippen molar-refractivity contribution < 1.29 is 4.39 Å². The molecule has 1 saturated carbocycles. The van der Waals surface area contributed by atoms with Crippen molar-refractivity contribution in [2.75, 3.05) is 12.4 Å². The van der Waals surface area contributed by atoms with E-state index in [2.05, 4.69) is 14.9 Å². The van der Waals surface area contributed by atoms with Crippen LogP contribution in [0.15, 0.2) is 48.9 Å². The highest BCUT2D eigenvalue weighted by Gasteiger charge is 2.25. The number of anilines is 1. The number of nitrogens with one attached hydrogen (secondary N) is 1. The molecule has 4 rings (SSSR count). The number of nitrogens with two attached hydrogens (primary N) is 1. The summed E-state index contributed by atoms with van der Waals surface area (Å²) in [5.41, 5.74) is 10.6. The molecule has 1 aromatic carbocycles. The maximum absolute atomic E-state index is 13.4. The zero-order valence-corrected chi connectivity index (χ0v) is 15.4. The molecular formula is C21H24FN5. The van der Waals surface area contributed by atoms with Crippen molar-refractivity contribution in [3.05, 3.63) is 54.7 Å². The smallest absolute Gasteiger partial charge is 0.123 e. The molecular weight excluding hydrogens is 341 g/mol. The van der Waals surface area contributed by atoms with Gasteiger partial charge in [0.1, 0.15) is 5.82 Å². The van der Waals surface area contributed by atoms with Gasteiger partial charge in [-0.05, 0) is 62.1 Å². The van der Waals surface area contributed by atoms with Gasteiger partial charge in [-0.15, -0.1) is 0 Å². The third kappa shape index (κ3) is 3.57. The minimum absolute atomic E-state index is 0.253. The summed E-state index contributed by atoms with van der Waals surface area (Å²) in [4.78, 5) is 9.30. The zero-order valence-electron chi connectivity index (χ0n) is 15.4. The van der Waals surface area contributed by atoms with E-state index in [4.69, 9.17) is 10.7 Å². The molecule has 0 amide bonds. The highest BCUT2D eigenvalue weighted by molar-refractivity contribution is 5.78. The van der Waals surface area contributed by atoms with Crippen LogP contribution in [0, 0.1) is 5.82 Å². The molecule has 0 unspecified atom stereocenters. The summed E-state index contributed by atoms with van der Waals surface area (Å²) in [6.45, 7) is 0. The molecule has 3 aromatic rings. The lowest BCUT2D eigenvalue weighted by atomic mass is 9.91. The Kier molecular flexibility index (Phi) is 4.90. The van der Waals surface area contributed by atoms with E-state index in [0.29, 0.717) is 6.04 Å². The number of hydrogen-bond acceptors (Lipinski definition) is 4. The number of nitrogens with zero attached hydrogens (tertiary/aromatic N) is 3. The summed E-state index contributed by atoms with van der Waals surface area (Å²) < 4.78 is 15.6. The molecule has 27 heavy (non-hydrogen) atoms. The zero-order chi connectivity index (χ0) is 18.8. The first-order valence-corrected chi connectivity index (χ1v) is 9.38. The lowest BCUT2D eigenvalue weighted by molar-refractivity contribution is 0.325. The van der Waals surface area contributed by atoms with Gasteiger partial charge >= 0.3 is 0 Å². The molecule has 1 aliphatic rings. The molecule has 2 aromatic heterocycles. The van der Waals surface area contributed by atoms with Gasteiger partial charge in [0.15, 0.2) is 0 Å². The average molecular weight is 365 g/mol. The summed E-state index contributed by atoms with van der Waals surface area (Å²) in [5.74, 6) is -0.253. The van der Waals surface area contributed by atoms with Crippen molar-refractivity contribution >= 4 is 5.69 Å². The van der Waals surface area contributed by atoms with E-state index in [1.54, 1.807) is 18.3 Å². The second-order valence-electron chi connectivity index (χ2n) is 7.10. The van der Waals surface area contributed by atoms with Gasteiger partial charge in [-0.1, -0.05) is 0 Å². The highest BCUT2D eigenvalue weighted by Crippen LogP contribution is 2.37. The minimum atomic E-state index is -0.253. The number of pyridine rings is 1. The van der Waals surface area contributed by atoms with Crippen LogP contribution in [-0.4, -0.2) is 27.6 Å². The first kappa shape index (κ1) is 17.7. The maximum atomic E-state index is 13.4. The van der Waals surface area contributed by atoms with Gasteiger partial charge in [0.25, 0.3) is 0 Å². The SMILES string of the molecule is CNc1ccnc(-c2c(-c3ccc(F)cc3)ncn2C2CCC(N)CC2)c1. The second kappa shape index (κ2) is 7.48. The first-order chi connectivity index (χ1) is 13.2. The molecule has 0 bridgehead atoms. The van der Waals surface area contributed by atoms with E-state index in [0.717, 1.165) is 54.0 Å². The van der Waals surface area contributed by atoms with Crippen molar-refractivity contribution in [1.29, 1.82) is 0 Å². The number of aromatic nitrogens is 3. The van der Waals surface area contributed by atoms with Crippen LogP contribution in [0.1, 0.15) is 31.7 Å². The van der Waals surface area contributed by atoms with Crippen LogP contribution < -0.4 is 11.1 Å². The van der Waals surface area contributed by atoms with Gasteiger partial charge < -0.3 is 15.6 Å². The molecule has 0 atom stereocenters. The van der Waals surface area contributed by atoms with E-state index in [1.165, 1.54) is 12.1 Å². The molecule has 2 heterocycles. The fourth-order valence-electron chi connectivity index (χ4n) is 3.81. The van der Waals surface area contributed by atoms with Gasteiger partial charge in [0.2, 0.25) is 0 Å². The fourth-order valence-corrected chi connectivity index (χ4v) is 3.81. The molecule has 1 fully saturated rings. The van der Waals surface area contributed by atoms with Crippen LogP contribution in [0.25, 0.3) is 22.6 Å². The Bertz CT molecular complexity index is 911. The van der Waals surface area contributed by atoms with Gasteiger partial charge in [0.05, 0.1) is 23.4 Å². The normalized spacial score (nSPS) is 19.8. The van der Waals surface area contributed by atoms with E-state index in [1.807, 2.05) is 25.5 Å². The van der Waals surface area contributed by atoms with Gasteiger partial charge in [0, 0.05) is 36.6 Å². The first-order valence-electron chi connectivity index (χ1n) is 9.38. The maximum Gasteiger partial charge on any atom is 0.123 e. The van der Waals surface area contributed by atoms with E-state index >= 15 is 0 Å². The molecule has 140 valence electrons. The fraction of sp³-hybridized carbons (Fsp3) is 0.333. The highest BCUT2D eigenvalue weighted by atomic mass is 19.1. The summed E-state index contributed by atoms with van der Waals surface area (Å²) >= 11 is 0. The molecule has 3 N–H and O–H groups in total. The number of rotatable bonds is 4. The van der Waals surface area contributed by atoms with Crippen molar-refractivity contribution in [3.63, 3.8) is 0 Å². The standard InChI is InChI=1S/C21H24FN5/c1-24-17-10-11-25-19(12-17)21-20(14-2-4-15(22)5-3-14)26-13-27(21)18-8-6-16(23)7-9-18/h2-5,10-13,16,18H,6-9,23H2,1H3,(H,24,25). The molecule has 1 aliphatic carbocycles. The summed E-state index contributed by atoms with van der Waals surface area (Å²) in [6.07, 6.45) is 7.77. The third-order valence-corrected chi connectivity index (χ3v) is 5.34. The molecule has 6 heteroatoms. The molecule has 0 spiro atoms. The van der Waals surface area contributed by atoms with Gasteiger partial charge in [-0.2, -0.15) is 0 Å². The summed E-state index contributed by atoms with van der Waals surface area (Å²) in [6, 6.07) is 11.1. The Balaban J connectivity index is 1.83. The third-order valence-electron chi connectivity index (χ3n) is 5.34. The van der Waals surface area contributed by atoms with Gasteiger partial charge in [-0.3, -0.25) is 4.98 Å². The largest absolute Gasteiger partial charge is 0.388 e. The van der Waals surface area contributed by atoms with Crippen LogP contribution in [0.3, 0.4) is 0 Å². The Morgan fingerprint density at radius 2 is 1.81 bits per heavy atom. The van der Waals surface area contributed by atoms with Crippen molar-refractivity contribution in [2.24, 2.45) is 5.73 Å². The topological polar surface area (TPSA) is 68.8 Å². The lowest BCUT2D eigenvalue weighted by Crippen LogP contribution is -2.27. The Morgan fingerprint density at radius 3 is 2.52 bits per heavy atom. The number of hydrogen-bond donors (Lipinski definition) is 2. The van der Waals surface area contributed by atoms with E-state index in [9.17, 15) is 4.39 Å². The molecule has 0 saturated heterocycles. The van der Waals surface area contributed by atoms with Crippen LogP contribution in [0.5, 0.6) is 0 Å². The quantitative estimate of drug-likeness (QED) is 0.726. The average Bonchev–Trinajstić information content (AvgIpc) is 3.14. The Labute approximate surface area is 158 Å². The van der Waals surface area contributed by atoms with Crippen LogP contribution in [0.4, 0.5) is 10.1 Å². The predicted octanol–water partition coefficient (Wildman–Crippen LogP) is 4.24. The van der Waals surface area contributed by atoms with Crippen LogP contribution >= 0.6 is 0 Å². The van der Waals surface area contributed by atoms with E-state index in [-0.39, 0.29) is 11.9 Å². The molecule has 0 radical (unpaired) electrons. The summed E-state index contributed by atoms with van der Waals surface area (Å²) in [7, 11) is 1.89. The van der Waals surface area contributed by atoms with Crippen molar-refractivity contribution in [3.8, 4) is 22.6 Å². The molecule has 5 nitrogen and oxygen atoms in total.